The summed E-state index contributed by atoms with van der Waals surface area (Å²) in [4.78, 5) is 23.3. The van der Waals surface area contributed by atoms with Gasteiger partial charge in [-0.2, -0.15) is 0 Å². The predicted octanol–water partition coefficient (Wildman–Crippen LogP) is 2.37. The molecule has 1 aromatic rings. The number of primary amides is 1. The molecule has 1 fully saturated rings. The lowest BCUT2D eigenvalue weighted by Crippen LogP contribution is -2.40. The summed E-state index contributed by atoms with van der Waals surface area (Å²) < 4.78 is 13.9. The van der Waals surface area contributed by atoms with Crippen molar-refractivity contribution in [2.75, 3.05) is 0 Å². The lowest BCUT2D eigenvalue weighted by Gasteiger charge is -2.24. The van der Waals surface area contributed by atoms with Crippen LogP contribution in [0.4, 0.5) is 9.18 Å². The van der Waals surface area contributed by atoms with Crippen molar-refractivity contribution < 1.29 is 14.0 Å². The van der Waals surface area contributed by atoms with Crippen LogP contribution in [-0.2, 0) is 4.79 Å². The average Bonchev–Trinajstić information content (AvgIpc) is 2.47. The van der Waals surface area contributed by atoms with Gasteiger partial charge >= 0.3 is 6.03 Å². The van der Waals surface area contributed by atoms with Crippen LogP contribution in [-0.4, -0.2) is 18.0 Å². The molecule has 1 saturated carbocycles. The molecule has 1 aliphatic rings. The van der Waals surface area contributed by atoms with Crippen LogP contribution < -0.4 is 16.4 Å². The maximum Gasteiger partial charge on any atom is 0.312 e. The van der Waals surface area contributed by atoms with Gasteiger partial charge in [-0.05, 0) is 18.9 Å². The smallest absolute Gasteiger partial charge is 0.312 e. The zero-order valence-electron chi connectivity index (χ0n) is 12.5. The van der Waals surface area contributed by atoms with Crippen LogP contribution in [0.5, 0.6) is 0 Å². The largest absolute Gasteiger partial charge is 0.353 e. The van der Waals surface area contributed by atoms with Gasteiger partial charge in [0.05, 0.1) is 12.5 Å². The minimum atomic E-state index is -0.779. The van der Waals surface area contributed by atoms with Gasteiger partial charge in [0.2, 0.25) is 5.91 Å². The van der Waals surface area contributed by atoms with E-state index in [9.17, 15) is 14.0 Å². The summed E-state index contributed by atoms with van der Waals surface area (Å²) in [6.07, 6.45) is 5.34. The highest BCUT2D eigenvalue weighted by Gasteiger charge is 2.22. The van der Waals surface area contributed by atoms with Crippen molar-refractivity contribution in [2.24, 2.45) is 5.73 Å². The zero-order valence-corrected chi connectivity index (χ0v) is 12.5. The summed E-state index contributed by atoms with van der Waals surface area (Å²) in [5.74, 6) is -0.666. The van der Waals surface area contributed by atoms with Crippen molar-refractivity contribution in [1.82, 2.24) is 10.6 Å². The van der Waals surface area contributed by atoms with E-state index >= 15 is 0 Å². The molecule has 0 aromatic heterocycles. The first kappa shape index (κ1) is 16.3. The number of amides is 3. The van der Waals surface area contributed by atoms with Crippen LogP contribution in [0.2, 0.25) is 0 Å². The minimum Gasteiger partial charge on any atom is -0.353 e. The molecule has 3 amide bonds. The molecule has 0 radical (unpaired) electrons. The number of carbonyl (C=O) groups excluding carboxylic acids is 2. The Hall–Kier alpha value is -2.11. The molecule has 120 valence electrons. The number of hydrogen-bond acceptors (Lipinski definition) is 2. The maximum atomic E-state index is 13.9. The van der Waals surface area contributed by atoms with Crippen LogP contribution in [0.1, 0.15) is 50.1 Å². The van der Waals surface area contributed by atoms with Crippen molar-refractivity contribution in [1.29, 1.82) is 0 Å². The van der Waals surface area contributed by atoms with Crippen molar-refractivity contribution in [3.63, 3.8) is 0 Å². The number of benzene rings is 1. The second kappa shape index (κ2) is 7.77. The van der Waals surface area contributed by atoms with E-state index < -0.39 is 17.9 Å². The molecular weight excluding hydrogens is 285 g/mol. The fourth-order valence-corrected chi connectivity index (χ4v) is 2.89. The van der Waals surface area contributed by atoms with Gasteiger partial charge in [-0.3, -0.25) is 4.79 Å². The number of halogens is 1. The monoisotopic (exact) mass is 307 g/mol. The van der Waals surface area contributed by atoms with Crippen LogP contribution in [0.25, 0.3) is 0 Å². The molecule has 2 rings (SSSR count). The second-order valence-electron chi connectivity index (χ2n) is 5.69. The maximum absolute atomic E-state index is 13.9. The number of nitrogens with one attached hydrogen (secondary N) is 2. The van der Waals surface area contributed by atoms with Crippen molar-refractivity contribution >= 4 is 11.9 Å². The van der Waals surface area contributed by atoms with Crippen molar-refractivity contribution in [3.8, 4) is 0 Å². The Morgan fingerprint density at radius 3 is 2.55 bits per heavy atom. The molecular formula is C16H22FN3O2. The molecule has 1 atom stereocenters. The van der Waals surface area contributed by atoms with Crippen molar-refractivity contribution in [2.45, 2.75) is 50.6 Å². The minimum absolute atomic E-state index is 0.0274. The van der Waals surface area contributed by atoms with Gasteiger partial charge in [0.15, 0.2) is 0 Å². The molecule has 0 spiro atoms. The van der Waals surface area contributed by atoms with Gasteiger partial charge in [0.1, 0.15) is 5.82 Å². The molecule has 0 unspecified atom stereocenters. The van der Waals surface area contributed by atoms with Crippen LogP contribution in [0.3, 0.4) is 0 Å². The summed E-state index contributed by atoms with van der Waals surface area (Å²) in [5.41, 5.74) is 5.40. The van der Waals surface area contributed by atoms with Crippen LogP contribution >= 0.6 is 0 Å². The topological polar surface area (TPSA) is 84.2 Å². The Kier molecular flexibility index (Phi) is 5.75. The normalized spacial score (nSPS) is 16.8. The fourth-order valence-electron chi connectivity index (χ4n) is 2.89. The average molecular weight is 307 g/mol. The Labute approximate surface area is 129 Å². The van der Waals surface area contributed by atoms with E-state index in [0.717, 1.165) is 25.7 Å². The molecule has 0 bridgehead atoms. The molecule has 4 N–H and O–H groups in total. The van der Waals surface area contributed by atoms with Gasteiger partial charge in [0, 0.05) is 11.6 Å². The number of hydrogen-bond donors (Lipinski definition) is 3. The van der Waals surface area contributed by atoms with E-state index in [-0.39, 0.29) is 23.9 Å². The van der Waals surface area contributed by atoms with Crippen LogP contribution in [0.15, 0.2) is 24.3 Å². The molecule has 6 heteroatoms. The van der Waals surface area contributed by atoms with Crippen LogP contribution in [0, 0.1) is 5.82 Å². The molecule has 0 aliphatic heterocycles. The highest BCUT2D eigenvalue weighted by atomic mass is 19.1. The first-order valence-electron chi connectivity index (χ1n) is 7.66. The van der Waals surface area contributed by atoms with E-state index in [0.29, 0.717) is 0 Å². The highest BCUT2D eigenvalue weighted by molar-refractivity contribution is 5.79. The first-order chi connectivity index (χ1) is 10.6. The third kappa shape index (κ3) is 4.72. The van der Waals surface area contributed by atoms with E-state index in [1.54, 1.807) is 18.2 Å². The lowest BCUT2D eigenvalue weighted by atomic mass is 9.95. The van der Waals surface area contributed by atoms with E-state index in [2.05, 4.69) is 10.6 Å². The van der Waals surface area contributed by atoms with Crippen molar-refractivity contribution in [3.05, 3.63) is 35.6 Å². The third-order valence-electron chi connectivity index (χ3n) is 3.96. The van der Waals surface area contributed by atoms with E-state index in [1.165, 1.54) is 12.5 Å². The van der Waals surface area contributed by atoms with E-state index in [1.807, 2.05) is 0 Å². The number of urea groups is 1. The zero-order chi connectivity index (χ0) is 15.9. The number of nitrogens with two attached hydrogens (primary N) is 1. The summed E-state index contributed by atoms with van der Waals surface area (Å²) in [6.45, 7) is 0. The Morgan fingerprint density at radius 1 is 1.23 bits per heavy atom. The molecule has 0 heterocycles. The highest BCUT2D eigenvalue weighted by Crippen LogP contribution is 2.21. The quantitative estimate of drug-likeness (QED) is 0.780. The third-order valence-corrected chi connectivity index (χ3v) is 3.96. The Bertz CT molecular complexity index is 530. The standard InChI is InChI=1S/C16H22FN3O2/c17-13-9-5-4-8-12(13)14(20-16(18)22)10-15(21)19-11-6-2-1-3-7-11/h4-5,8-9,11,14H,1-3,6-7,10H2,(H,19,21)(H3,18,20,22)/t14-/m1/s1. The summed E-state index contributed by atoms with van der Waals surface area (Å²) in [7, 11) is 0. The van der Waals surface area contributed by atoms with Gasteiger partial charge in [-0.15, -0.1) is 0 Å². The molecule has 0 saturated heterocycles. The second-order valence-corrected chi connectivity index (χ2v) is 5.69. The summed E-state index contributed by atoms with van der Waals surface area (Å²) in [5, 5.41) is 5.40. The lowest BCUT2D eigenvalue weighted by molar-refractivity contribution is -0.122. The Morgan fingerprint density at radius 2 is 1.91 bits per heavy atom. The number of carbonyl (C=O) groups is 2. The number of rotatable bonds is 5. The Balaban J connectivity index is 2.01. The van der Waals surface area contributed by atoms with Gasteiger partial charge in [-0.1, -0.05) is 37.5 Å². The predicted molar refractivity (Wildman–Crippen MR) is 81.5 cm³/mol. The molecule has 5 nitrogen and oxygen atoms in total. The first-order valence-corrected chi connectivity index (χ1v) is 7.66. The van der Waals surface area contributed by atoms with Gasteiger partial charge in [-0.25, -0.2) is 9.18 Å². The summed E-state index contributed by atoms with van der Waals surface area (Å²) >= 11 is 0. The van der Waals surface area contributed by atoms with Gasteiger partial charge < -0.3 is 16.4 Å². The molecule has 22 heavy (non-hydrogen) atoms. The van der Waals surface area contributed by atoms with E-state index in [4.69, 9.17) is 5.73 Å². The fraction of sp³-hybridized carbons (Fsp3) is 0.500. The van der Waals surface area contributed by atoms with Gasteiger partial charge in [0.25, 0.3) is 0 Å². The molecule has 1 aliphatic carbocycles. The summed E-state index contributed by atoms with van der Waals surface area (Å²) in [6, 6.07) is 4.70. The SMILES string of the molecule is NC(=O)N[C@H](CC(=O)NC1CCCCC1)c1ccccc1F. The molecule has 1 aromatic carbocycles.